The normalized spacial score (nSPS) is 18.8. The fourth-order valence-electron chi connectivity index (χ4n) is 3.16. The van der Waals surface area contributed by atoms with Crippen LogP contribution in [-0.4, -0.2) is 18.3 Å². The Morgan fingerprint density at radius 1 is 0.840 bits per heavy atom. The van der Waals surface area contributed by atoms with Crippen molar-refractivity contribution in [3.63, 3.8) is 0 Å². The molecule has 0 spiro atoms. The van der Waals surface area contributed by atoms with Gasteiger partial charge >= 0.3 is 7.12 Å². The SMILES string of the molecule is CC1(C)OB(c2ccc(Cc3coc4ccccc34)cc2)OC1(C)C. The minimum absolute atomic E-state index is 0.311. The van der Waals surface area contributed by atoms with Crippen molar-refractivity contribution in [1.29, 1.82) is 0 Å². The van der Waals surface area contributed by atoms with Crippen LogP contribution in [0.2, 0.25) is 0 Å². The Morgan fingerprint density at radius 2 is 1.48 bits per heavy atom. The van der Waals surface area contributed by atoms with E-state index in [0.717, 1.165) is 17.5 Å². The quantitative estimate of drug-likeness (QED) is 0.669. The van der Waals surface area contributed by atoms with Gasteiger partial charge in [-0.25, -0.2) is 0 Å². The smallest absolute Gasteiger partial charge is 0.464 e. The zero-order valence-electron chi connectivity index (χ0n) is 15.2. The van der Waals surface area contributed by atoms with Gasteiger partial charge in [0.05, 0.1) is 17.5 Å². The Morgan fingerprint density at radius 3 is 2.16 bits per heavy atom. The molecule has 3 aromatic rings. The highest BCUT2D eigenvalue weighted by molar-refractivity contribution is 6.62. The molecule has 1 aromatic heterocycles. The molecule has 1 aliphatic rings. The molecule has 1 aliphatic heterocycles. The predicted octanol–water partition coefficient (Wildman–Crippen LogP) is 4.32. The number of rotatable bonds is 3. The van der Waals surface area contributed by atoms with E-state index in [1.54, 1.807) is 0 Å². The first-order chi connectivity index (χ1) is 11.9. The Balaban J connectivity index is 1.53. The van der Waals surface area contributed by atoms with Gasteiger partial charge in [-0.3, -0.25) is 0 Å². The van der Waals surface area contributed by atoms with Gasteiger partial charge in [0.1, 0.15) is 5.58 Å². The van der Waals surface area contributed by atoms with Crippen molar-refractivity contribution in [3.05, 3.63) is 65.9 Å². The van der Waals surface area contributed by atoms with Crippen molar-refractivity contribution in [2.24, 2.45) is 0 Å². The average Bonchev–Trinajstić information content (AvgIpc) is 3.07. The summed E-state index contributed by atoms with van der Waals surface area (Å²) in [5, 5.41) is 1.18. The minimum atomic E-state index is -0.313. The maximum atomic E-state index is 6.12. The molecule has 0 radical (unpaired) electrons. The van der Waals surface area contributed by atoms with Gasteiger partial charge in [-0.2, -0.15) is 0 Å². The van der Waals surface area contributed by atoms with Gasteiger partial charge < -0.3 is 13.7 Å². The van der Waals surface area contributed by atoms with Crippen LogP contribution < -0.4 is 5.46 Å². The van der Waals surface area contributed by atoms with E-state index in [-0.39, 0.29) is 18.3 Å². The average molecular weight is 334 g/mol. The molecule has 4 heteroatoms. The van der Waals surface area contributed by atoms with Gasteiger partial charge in [0.15, 0.2) is 0 Å². The van der Waals surface area contributed by atoms with Crippen LogP contribution in [0.25, 0.3) is 11.0 Å². The lowest BCUT2D eigenvalue weighted by molar-refractivity contribution is 0.00578. The van der Waals surface area contributed by atoms with E-state index in [0.29, 0.717) is 0 Å². The van der Waals surface area contributed by atoms with Gasteiger partial charge in [0.2, 0.25) is 0 Å². The second-order valence-electron chi connectivity index (χ2n) is 7.76. The van der Waals surface area contributed by atoms with Crippen molar-refractivity contribution in [2.45, 2.75) is 45.3 Å². The molecule has 25 heavy (non-hydrogen) atoms. The zero-order chi connectivity index (χ0) is 17.7. The summed E-state index contributed by atoms with van der Waals surface area (Å²) in [6.45, 7) is 8.30. The van der Waals surface area contributed by atoms with Gasteiger partial charge in [0.25, 0.3) is 0 Å². The molecule has 0 saturated carbocycles. The highest BCUT2D eigenvalue weighted by atomic mass is 16.7. The first-order valence-electron chi connectivity index (χ1n) is 8.75. The fraction of sp³-hybridized carbons (Fsp3) is 0.333. The lowest BCUT2D eigenvalue weighted by atomic mass is 9.78. The van der Waals surface area contributed by atoms with Crippen LogP contribution in [0, 0.1) is 0 Å². The number of hydrogen-bond acceptors (Lipinski definition) is 3. The Kier molecular flexibility index (Phi) is 3.78. The van der Waals surface area contributed by atoms with Crippen molar-refractivity contribution >= 4 is 23.6 Å². The minimum Gasteiger partial charge on any atom is -0.464 e. The Labute approximate surface area is 149 Å². The van der Waals surface area contributed by atoms with E-state index in [1.807, 2.05) is 24.5 Å². The largest absolute Gasteiger partial charge is 0.494 e. The molecule has 1 fully saturated rings. The number of fused-ring (bicyclic) bond motifs is 1. The third-order valence-corrected chi connectivity index (χ3v) is 5.46. The van der Waals surface area contributed by atoms with Crippen molar-refractivity contribution < 1.29 is 13.7 Å². The van der Waals surface area contributed by atoms with Gasteiger partial charge in [-0.05, 0) is 44.8 Å². The molecular formula is C21H23BO3. The summed E-state index contributed by atoms with van der Waals surface area (Å²) in [7, 11) is -0.311. The highest BCUT2D eigenvalue weighted by Crippen LogP contribution is 2.36. The number of hydrogen-bond donors (Lipinski definition) is 0. The van der Waals surface area contributed by atoms with E-state index in [1.165, 1.54) is 16.5 Å². The molecular weight excluding hydrogens is 311 g/mol. The molecule has 0 aliphatic carbocycles. The van der Waals surface area contributed by atoms with Crippen molar-refractivity contribution in [3.8, 4) is 0 Å². The lowest BCUT2D eigenvalue weighted by Gasteiger charge is -2.32. The summed E-state index contributed by atoms with van der Waals surface area (Å²) in [4.78, 5) is 0. The molecule has 2 aromatic carbocycles. The summed E-state index contributed by atoms with van der Waals surface area (Å²) in [5.74, 6) is 0. The maximum absolute atomic E-state index is 6.12. The molecule has 4 rings (SSSR count). The van der Waals surface area contributed by atoms with Gasteiger partial charge in [0, 0.05) is 17.4 Å². The van der Waals surface area contributed by atoms with Crippen LogP contribution >= 0.6 is 0 Å². The molecule has 3 nitrogen and oxygen atoms in total. The summed E-state index contributed by atoms with van der Waals surface area (Å²) < 4.78 is 17.9. The molecule has 2 heterocycles. The molecule has 0 amide bonds. The van der Waals surface area contributed by atoms with E-state index in [2.05, 4.69) is 58.0 Å². The van der Waals surface area contributed by atoms with Crippen LogP contribution in [-0.2, 0) is 15.7 Å². The molecule has 0 N–H and O–H groups in total. The monoisotopic (exact) mass is 334 g/mol. The van der Waals surface area contributed by atoms with Crippen LogP contribution in [0.15, 0.2) is 59.2 Å². The maximum Gasteiger partial charge on any atom is 0.494 e. The van der Waals surface area contributed by atoms with Gasteiger partial charge in [-0.15, -0.1) is 0 Å². The standard InChI is InChI=1S/C21H23BO3/c1-20(2)21(3,4)25-22(24-20)17-11-9-15(10-12-17)13-16-14-23-19-8-6-5-7-18(16)19/h5-12,14H,13H2,1-4H3. The van der Waals surface area contributed by atoms with E-state index < -0.39 is 0 Å². The first kappa shape index (κ1) is 16.4. The second kappa shape index (κ2) is 5.75. The third kappa shape index (κ3) is 2.90. The van der Waals surface area contributed by atoms with Crippen LogP contribution in [0.3, 0.4) is 0 Å². The predicted molar refractivity (Wildman–Crippen MR) is 101 cm³/mol. The zero-order valence-corrected chi connectivity index (χ0v) is 15.2. The molecule has 0 bridgehead atoms. The van der Waals surface area contributed by atoms with Crippen LogP contribution in [0.1, 0.15) is 38.8 Å². The molecule has 128 valence electrons. The Hall–Kier alpha value is -2.04. The number of benzene rings is 2. The summed E-state index contributed by atoms with van der Waals surface area (Å²) >= 11 is 0. The fourth-order valence-corrected chi connectivity index (χ4v) is 3.16. The van der Waals surface area contributed by atoms with E-state index in [9.17, 15) is 0 Å². The topological polar surface area (TPSA) is 31.6 Å². The molecule has 0 unspecified atom stereocenters. The van der Waals surface area contributed by atoms with E-state index in [4.69, 9.17) is 13.7 Å². The lowest BCUT2D eigenvalue weighted by Crippen LogP contribution is -2.41. The highest BCUT2D eigenvalue weighted by Gasteiger charge is 2.51. The van der Waals surface area contributed by atoms with Crippen molar-refractivity contribution in [2.75, 3.05) is 0 Å². The molecule has 0 atom stereocenters. The second-order valence-corrected chi connectivity index (χ2v) is 7.76. The van der Waals surface area contributed by atoms with Crippen LogP contribution in [0.4, 0.5) is 0 Å². The van der Waals surface area contributed by atoms with E-state index >= 15 is 0 Å². The summed E-state index contributed by atoms with van der Waals surface area (Å²) in [6, 6.07) is 16.6. The third-order valence-electron chi connectivity index (χ3n) is 5.46. The van der Waals surface area contributed by atoms with Gasteiger partial charge in [-0.1, -0.05) is 42.5 Å². The number of para-hydroxylation sites is 1. The Bertz CT molecular complexity index is 877. The van der Waals surface area contributed by atoms with Crippen molar-refractivity contribution in [1.82, 2.24) is 0 Å². The summed E-state index contributed by atoms with van der Waals surface area (Å²) in [6.07, 6.45) is 2.70. The first-order valence-corrected chi connectivity index (χ1v) is 8.75. The number of furan rings is 1. The summed E-state index contributed by atoms with van der Waals surface area (Å²) in [5.41, 5.74) is 3.81. The molecule has 1 saturated heterocycles. The van der Waals surface area contributed by atoms with Crippen LogP contribution in [0.5, 0.6) is 0 Å².